The molecular weight excluding hydrogens is 306 g/mol. The van der Waals surface area contributed by atoms with Crippen molar-refractivity contribution in [3.8, 4) is 0 Å². The van der Waals surface area contributed by atoms with Crippen LogP contribution in [0.25, 0.3) is 0 Å². The number of hydrogen-bond acceptors (Lipinski definition) is 3. The largest absolute Gasteiger partial charge is 0.352 e. The fourth-order valence-electron chi connectivity index (χ4n) is 2.73. The summed E-state index contributed by atoms with van der Waals surface area (Å²) >= 11 is 7.49. The first kappa shape index (κ1) is 14.6. The molecule has 0 bridgehead atoms. The fraction of sp³-hybridized carbons (Fsp3) is 0.467. The number of halogens is 1. The summed E-state index contributed by atoms with van der Waals surface area (Å²) in [6.45, 7) is 2.83. The van der Waals surface area contributed by atoms with Gasteiger partial charge in [0.2, 0.25) is 5.91 Å². The molecule has 6 heteroatoms. The summed E-state index contributed by atoms with van der Waals surface area (Å²) in [6.07, 6.45) is 5.22. The molecule has 0 radical (unpaired) electrons. The third-order valence-corrected chi connectivity index (χ3v) is 5.04. The molecule has 1 amide bonds. The number of imidazole rings is 1. The molecule has 3 rings (SSSR count). The lowest BCUT2D eigenvalue weighted by molar-refractivity contribution is -0.121. The number of nitrogens with one attached hydrogen (secondary N) is 1. The van der Waals surface area contributed by atoms with Crippen molar-refractivity contribution in [2.75, 3.05) is 0 Å². The van der Waals surface area contributed by atoms with Crippen LogP contribution in [0.1, 0.15) is 29.2 Å². The van der Waals surface area contributed by atoms with Gasteiger partial charge in [-0.05, 0) is 25.8 Å². The van der Waals surface area contributed by atoms with E-state index in [0.29, 0.717) is 6.42 Å². The molecule has 2 aromatic rings. The first-order valence-corrected chi connectivity index (χ1v) is 8.41. The third-order valence-electron chi connectivity index (χ3n) is 3.70. The van der Waals surface area contributed by atoms with Crippen molar-refractivity contribution in [3.05, 3.63) is 39.1 Å². The minimum atomic E-state index is 0.116. The van der Waals surface area contributed by atoms with Crippen molar-refractivity contribution in [1.82, 2.24) is 14.9 Å². The maximum Gasteiger partial charge on any atom is 0.220 e. The number of aromatic nitrogens is 2. The highest BCUT2D eigenvalue weighted by atomic mass is 35.5. The number of fused-ring (bicyclic) bond motifs is 1. The second-order valence-corrected chi connectivity index (χ2v) is 6.92. The molecule has 4 nitrogen and oxygen atoms in total. The van der Waals surface area contributed by atoms with Crippen LogP contribution in [0.15, 0.2) is 17.6 Å². The quantitative estimate of drug-likeness (QED) is 0.940. The van der Waals surface area contributed by atoms with Gasteiger partial charge in [-0.1, -0.05) is 11.6 Å². The molecule has 0 saturated heterocycles. The minimum Gasteiger partial charge on any atom is -0.352 e. The van der Waals surface area contributed by atoms with Gasteiger partial charge in [0.1, 0.15) is 5.82 Å². The van der Waals surface area contributed by atoms with E-state index in [1.807, 2.05) is 18.4 Å². The van der Waals surface area contributed by atoms with Gasteiger partial charge in [0, 0.05) is 41.9 Å². The highest BCUT2D eigenvalue weighted by Crippen LogP contribution is 2.20. The zero-order valence-electron chi connectivity index (χ0n) is 11.9. The van der Waals surface area contributed by atoms with Gasteiger partial charge in [0.15, 0.2) is 0 Å². The number of carbonyl (C=O) groups is 1. The number of amides is 1. The molecule has 0 unspecified atom stereocenters. The minimum absolute atomic E-state index is 0.116. The van der Waals surface area contributed by atoms with Crippen molar-refractivity contribution in [1.29, 1.82) is 0 Å². The van der Waals surface area contributed by atoms with Gasteiger partial charge in [0.25, 0.3) is 0 Å². The lowest BCUT2D eigenvalue weighted by atomic mass is 10.1. The maximum atomic E-state index is 12.0. The smallest absolute Gasteiger partial charge is 0.220 e. The average Bonchev–Trinajstić information content (AvgIpc) is 3.01. The van der Waals surface area contributed by atoms with E-state index in [1.165, 1.54) is 0 Å². The molecule has 1 aliphatic heterocycles. The first-order chi connectivity index (χ1) is 10.1. The van der Waals surface area contributed by atoms with Gasteiger partial charge in [-0.15, -0.1) is 11.3 Å². The van der Waals surface area contributed by atoms with Crippen LogP contribution >= 0.6 is 22.9 Å². The number of hydrogen-bond donors (Lipinski definition) is 1. The van der Waals surface area contributed by atoms with Crippen LogP contribution in [0.2, 0.25) is 5.02 Å². The lowest BCUT2D eigenvalue weighted by Gasteiger charge is -2.24. The molecule has 0 spiro atoms. The van der Waals surface area contributed by atoms with E-state index in [-0.39, 0.29) is 11.9 Å². The van der Waals surface area contributed by atoms with Crippen LogP contribution in [0.4, 0.5) is 0 Å². The van der Waals surface area contributed by atoms with E-state index < -0.39 is 0 Å². The zero-order valence-corrected chi connectivity index (χ0v) is 13.5. The molecule has 1 N–H and O–H groups in total. The summed E-state index contributed by atoms with van der Waals surface area (Å²) in [5.74, 6) is 1.25. The number of rotatable bonds is 4. The Hall–Kier alpha value is -1.33. The third kappa shape index (κ3) is 3.66. The Morgan fingerprint density at radius 1 is 1.62 bits per heavy atom. The van der Waals surface area contributed by atoms with E-state index in [4.69, 9.17) is 11.6 Å². The molecule has 0 fully saturated rings. The Balaban J connectivity index is 1.49. The number of aryl methyl sites for hydroxylation is 3. The van der Waals surface area contributed by atoms with E-state index >= 15 is 0 Å². The molecule has 0 saturated carbocycles. The molecular formula is C15H18ClN3OS. The first-order valence-electron chi connectivity index (χ1n) is 7.15. The molecule has 21 heavy (non-hydrogen) atoms. The van der Waals surface area contributed by atoms with Crippen molar-refractivity contribution in [2.24, 2.45) is 0 Å². The van der Waals surface area contributed by atoms with Gasteiger partial charge in [-0.25, -0.2) is 4.98 Å². The van der Waals surface area contributed by atoms with Crippen molar-refractivity contribution in [3.63, 3.8) is 0 Å². The SMILES string of the molecule is Cc1cn2c(n1)CC[C@@H](NC(=O)CCc1cc(Cl)cs1)C2. The topological polar surface area (TPSA) is 46.9 Å². The van der Waals surface area contributed by atoms with Crippen LogP contribution in [0.3, 0.4) is 0 Å². The second-order valence-electron chi connectivity index (χ2n) is 5.49. The van der Waals surface area contributed by atoms with Crippen LogP contribution in [-0.4, -0.2) is 21.5 Å². The molecule has 1 aliphatic rings. The summed E-state index contributed by atoms with van der Waals surface area (Å²) in [7, 11) is 0. The van der Waals surface area contributed by atoms with Gasteiger partial charge >= 0.3 is 0 Å². The summed E-state index contributed by atoms with van der Waals surface area (Å²) in [5.41, 5.74) is 1.05. The summed E-state index contributed by atoms with van der Waals surface area (Å²) in [4.78, 5) is 17.7. The summed E-state index contributed by atoms with van der Waals surface area (Å²) < 4.78 is 2.16. The maximum absolute atomic E-state index is 12.0. The number of nitrogens with zero attached hydrogens (tertiary/aromatic N) is 2. The van der Waals surface area contributed by atoms with Gasteiger partial charge in [-0.3, -0.25) is 4.79 Å². The van der Waals surface area contributed by atoms with Crippen LogP contribution in [-0.2, 0) is 24.2 Å². The Kier molecular flexibility index (Phi) is 4.31. The van der Waals surface area contributed by atoms with Gasteiger partial charge in [0.05, 0.1) is 10.7 Å². The molecule has 112 valence electrons. The molecule has 0 aromatic carbocycles. The number of thiophene rings is 1. The molecule has 2 aromatic heterocycles. The highest BCUT2D eigenvalue weighted by Gasteiger charge is 2.21. The zero-order chi connectivity index (χ0) is 14.8. The molecule has 1 atom stereocenters. The summed E-state index contributed by atoms with van der Waals surface area (Å²) in [6, 6.07) is 2.14. The number of carbonyl (C=O) groups excluding carboxylic acids is 1. The predicted octanol–water partition coefficient (Wildman–Crippen LogP) is 2.97. The normalized spacial score (nSPS) is 17.5. The van der Waals surface area contributed by atoms with Crippen LogP contribution in [0, 0.1) is 6.92 Å². The van der Waals surface area contributed by atoms with E-state index in [0.717, 1.165) is 47.2 Å². The lowest BCUT2D eigenvalue weighted by Crippen LogP contribution is -2.40. The Morgan fingerprint density at radius 3 is 3.24 bits per heavy atom. The Morgan fingerprint density at radius 2 is 2.48 bits per heavy atom. The van der Waals surface area contributed by atoms with Crippen molar-refractivity contribution >= 4 is 28.8 Å². The van der Waals surface area contributed by atoms with E-state index in [9.17, 15) is 4.79 Å². The second kappa shape index (κ2) is 6.20. The molecule has 0 aliphatic carbocycles. The predicted molar refractivity (Wildman–Crippen MR) is 84.9 cm³/mol. The van der Waals surface area contributed by atoms with Gasteiger partial charge in [-0.2, -0.15) is 0 Å². The fourth-order valence-corrected chi connectivity index (χ4v) is 3.80. The Bertz CT molecular complexity index is 649. The standard InChI is InChI=1S/C15H18ClN3OS/c1-10-7-19-8-12(2-4-14(19)17-10)18-15(20)5-3-13-6-11(16)9-21-13/h6-7,9,12H,2-5,8H2,1H3,(H,18,20)/t12-/m1/s1. The summed E-state index contributed by atoms with van der Waals surface area (Å²) in [5, 5.41) is 5.79. The van der Waals surface area contributed by atoms with E-state index in [1.54, 1.807) is 11.3 Å². The van der Waals surface area contributed by atoms with Gasteiger partial charge < -0.3 is 9.88 Å². The monoisotopic (exact) mass is 323 g/mol. The van der Waals surface area contributed by atoms with Crippen LogP contribution < -0.4 is 5.32 Å². The molecule has 3 heterocycles. The highest BCUT2D eigenvalue weighted by molar-refractivity contribution is 7.10. The van der Waals surface area contributed by atoms with Crippen molar-refractivity contribution in [2.45, 2.75) is 45.2 Å². The van der Waals surface area contributed by atoms with Crippen LogP contribution in [0.5, 0.6) is 0 Å². The van der Waals surface area contributed by atoms with E-state index in [2.05, 4.69) is 21.1 Å². The Labute approximate surface area is 133 Å². The van der Waals surface area contributed by atoms with Crippen molar-refractivity contribution < 1.29 is 4.79 Å². The average molecular weight is 324 g/mol.